The molecule has 1 aliphatic carbocycles. The van der Waals surface area contributed by atoms with Gasteiger partial charge in [0.25, 0.3) is 0 Å². The summed E-state index contributed by atoms with van der Waals surface area (Å²) >= 11 is 0. The fraction of sp³-hybridized carbons (Fsp3) is 1.00. The summed E-state index contributed by atoms with van der Waals surface area (Å²) in [5.74, 6) is 6.54. The molecule has 0 spiro atoms. The predicted octanol–water partition coefficient (Wildman–Crippen LogP) is 14.3. The van der Waals surface area contributed by atoms with Gasteiger partial charge in [0.05, 0.1) is 58.5 Å². The maximum Gasteiger partial charge on any atom is 0.111 e. The van der Waals surface area contributed by atoms with E-state index in [9.17, 15) is 10.2 Å². The maximum absolute atomic E-state index is 9.96. The lowest BCUT2D eigenvalue weighted by atomic mass is 9.76. The molecule has 0 atom stereocenters. The zero-order valence-corrected chi connectivity index (χ0v) is 39.8. The minimum absolute atomic E-state index is 0. The van der Waals surface area contributed by atoms with Crippen LogP contribution in [0.4, 0.5) is 0 Å². The Morgan fingerprint density at radius 2 is 0.867 bits per heavy atom. The fourth-order valence-electron chi connectivity index (χ4n) is 9.21. The molecule has 0 aromatic carbocycles. The first-order valence-corrected chi connectivity index (χ1v) is 23.5. The van der Waals surface area contributed by atoms with Crippen molar-refractivity contribution in [2.75, 3.05) is 66.1 Å². The first kappa shape index (κ1) is 66.3. The molecular weight excluding hydrogens is 749 g/mol. The van der Waals surface area contributed by atoms with Crippen LogP contribution in [0.3, 0.4) is 0 Å². The summed E-state index contributed by atoms with van der Waals surface area (Å²) in [5, 5.41) is 19.4. The van der Waals surface area contributed by atoms with Gasteiger partial charge in [-0.25, -0.2) is 0 Å². The van der Waals surface area contributed by atoms with Crippen LogP contribution in [0.25, 0.3) is 0 Å². The van der Waals surface area contributed by atoms with E-state index in [0.29, 0.717) is 35.9 Å². The van der Waals surface area contributed by atoms with E-state index in [1.54, 1.807) is 0 Å². The van der Waals surface area contributed by atoms with Crippen LogP contribution in [0, 0.1) is 58.2 Å². The van der Waals surface area contributed by atoms with Gasteiger partial charge in [0.15, 0.2) is 0 Å². The predicted molar refractivity (Wildman–Crippen MR) is 263 cm³/mol. The van der Waals surface area contributed by atoms with Crippen LogP contribution in [0.1, 0.15) is 210 Å². The van der Waals surface area contributed by atoms with E-state index in [-0.39, 0.29) is 29.7 Å². The van der Waals surface area contributed by atoms with Crippen molar-refractivity contribution >= 4 is 0 Å². The smallest absolute Gasteiger partial charge is 0.111 e. The minimum Gasteiger partial charge on any atom is -0.390 e. The summed E-state index contributed by atoms with van der Waals surface area (Å²) in [6, 6.07) is 0. The van der Waals surface area contributed by atoms with Gasteiger partial charge in [-0.1, -0.05) is 152 Å². The molecule has 1 saturated carbocycles. The van der Waals surface area contributed by atoms with Crippen molar-refractivity contribution < 1.29 is 33.9 Å². The Bertz CT molecular complexity index is 901. The van der Waals surface area contributed by atoms with Crippen LogP contribution in [-0.2, 0) is 23.7 Å². The molecule has 6 fully saturated rings. The van der Waals surface area contributed by atoms with E-state index in [4.69, 9.17) is 23.7 Å². The number of aliphatic hydroxyl groups is 2. The molecule has 5 aliphatic heterocycles. The van der Waals surface area contributed by atoms with Gasteiger partial charge in [-0.2, -0.15) is 0 Å². The third-order valence-electron chi connectivity index (χ3n) is 11.7. The molecule has 0 bridgehead atoms. The lowest BCUT2D eigenvalue weighted by Crippen LogP contribution is -2.50. The van der Waals surface area contributed by atoms with Crippen molar-refractivity contribution in [3.05, 3.63) is 0 Å². The van der Waals surface area contributed by atoms with Gasteiger partial charge in [-0.15, -0.1) is 0 Å². The average Bonchev–Trinajstić information content (AvgIpc) is 3.52. The Morgan fingerprint density at radius 1 is 0.467 bits per heavy atom. The Kier molecular flexibility index (Phi) is 37.7. The van der Waals surface area contributed by atoms with Gasteiger partial charge in [0.2, 0.25) is 0 Å². The first-order valence-electron chi connectivity index (χ1n) is 23.5. The average molecular weight is 863 g/mol. The molecule has 7 heteroatoms. The van der Waals surface area contributed by atoms with E-state index in [0.717, 1.165) is 114 Å². The van der Waals surface area contributed by atoms with Crippen LogP contribution in [0.5, 0.6) is 0 Å². The molecule has 7 nitrogen and oxygen atoms in total. The second-order valence-corrected chi connectivity index (χ2v) is 21.9. The molecule has 6 aliphatic rings. The van der Waals surface area contributed by atoms with Crippen molar-refractivity contribution in [3.63, 3.8) is 0 Å². The van der Waals surface area contributed by atoms with Crippen LogP contribution < -0.4 is 0 Å². The van der Waals surface area contributed by atoms with Gasteiger partial charge in [0, 0.05) is 30.0 Å². The van der Waals surface area contributed by atoms with E-state index >= 15 is 0 Å². The molecule has 0 aromatic heterocycles. The topological polar surface area (TPSA) is 86.6 Å². The summed E-state index contributed by atoms with van der Waals surface area (Å²) < 4.78 is 25.5. The largest absolute Gasteiger partial charge is 0.390 e. The number of rotatable bonds is 13. The molecule has 368 valence electrons. The van der Waals surface area contributed by atoms with Crippen LogP contribution >= 0.6 is 0 Å². The van der Waals surface area contributed by atoms with Crippen LogP contribution in [0.15, 0.2) is 0 Å². The molecule has 0 unspecified atom stereocenters. The highest BCUT2D eigenvalue weighted by Gasteiger charge is 2.37. The van der Waals surface area contributed by atoms with Gasteiger partial charge in [0.1, 0.15) is 5.60 Å². The summed E-state index contributed by atoms with van der Waals surface area (Å²) in [6.45, 7) is 39.9. The molecule has 0 amide bonds. The lowest BCUT2D eigenvalue weighted by molar-refractivity contribution is -0.185. The summed E-state index contributed by atoms with van der Waals surface area (Å²) in [7, 11) is 0. The normalized spacial score (nSPS) is 21.5. The highest BCUT2D eigenvalue weighted by molar-refractivity contribution is 4.86. The van der Waals surface area contributed by atoms with Gasteiger partial charge in [-0.3, -0.25) is 0 Å². The molecule has 5 heterocycles. The molecule has 6 rings (SSSR count). The quantitative estimate of drug-likeness (QED) is 0.191. The Labute approximate surface area is 378 Å². The van der Waals surface area contributed by atoms with Gasteiger partial charge in [-0.05, 0) is 99.2 Å². The minimum atomic E-state index is -0.478. The molecule has 60 heavy (non-hydrogen) atoms. The van der Waals surface area contributed by atoms with E-state index in [1.807, 2.05) is 0 Å². The van der Waals surface area contributed by atoms with Crippen molar-refractivity contribution in [2.24, 2.45) is 58.2 Å². The molecule has 2 N–H and O–H groups in total. The van der Waals surface area contributed by atoms with Crippen LogP contribution in [0.2, 0.25) is 0 Å². The van der Waals surface area contributed by atoms with E-state index in [2.05, 4.69) is 96.9 Å². The van der Waals surface area contributed by atoms with Crippen LogP contribution in [-0.4, -0.2) is 87.5 Å². The number of ether oxygens (including phenoxy) is 5. The van der Waals surface area contributed by atoms with Crippen molar-refractivity contribution in [1.82, 2.24) is 0 Å². The number of hydrogen-bond acceptors (Lipinski definition) is 7. The zero-order chi connectivity index (χ0) is 42.4. The van der Waals surface area contributed by atoms with Crippen molar-refractivity contribution in [2.45, 2.75) is 221 Å². The number of hydrogen-bond donors (Lipinski definition) is 2. The van der Waals surface area contributed by atoms with Crippen molar-refractivity contribution in [1.29, 1.82) is 0 Å². The highest BCUT2D eigenvalue weighted by Crippen LogP contribution is 2.37. The van der Waals surface area contributed by atoms with Gasteiger partial charge >= 0.3 is 0 Å². The monoisotopic (exact) mass is 863 g/mol. The molecule has 0 radical (unpaired) electrons. The molecular formula is C53H114O7. The van der Waals surface area contributed by atoms with E-state index < -0.39 is 11.2 Å². The van der Waals surface area contributed by atoms with E-state index in [1.165, 1.54) is 57.8 Å². The Hall–Kier alpha value is -0.280. The first-order chi connectivity index (χ1) is 26.1. The third-order valence-corrected chi connectivity index (χ3v) is 11.7. The Balaban J connectivity index is -0.000000310. The Morgan fingerprint density at radius 3 is 1.08 bits per heavy atom. The van der Waals surface area contributed by atoms with Crippen molar-refractivity contribution in [3.8, 4) is 0 Å². The van der Waals surface area contributed by atoms with Gasteiger partial charge < -0.3 is 33.9 Å². The summed E-state index contributed by atoms with van der Waals surface area (Å²) in [5.41, 5.74) is 0.183. The fourth-order valence-corrected chi connectivity index (χ4v) is 9.21. The highest BCUT2D eigenvalue weighted by atomic mass is 16.5. The molecule has 5 saturated heterocycles. The lowest BCUT2D eigenvalue weighted by Gasteiger charge is -2.42. The maximum atomic E-state index is 9.96. The summed E-state index contributed by atoms with van der Waals surface area (Å²) in [4.78, 5) is 0. The molecule has 0 aromatic rings. The second kappa shape index (κ2) is 34.1. The third kappa shape index (κ3) is 30.7. The second-order valence-electron chi connectivity index (χ2n) is 21.9. The SMILES string of the molecule is C.C.C.C.CC(C)CC1(C)COC1.CC(C)CC1(O)CCOCC1.CC(C)CC1(O)COC1.CC(C)CC1CCCC1.CC(C)CC1COC1.CCC1(CC(C)C)COC1. The zero-order valence-electron chi connectivity index (χ0n) is 39.8. The summed E-state index contributed by atoms with van der Waals surface area (Å²) in [6.07, 6.45) is 16.2. The standard InChI is InChI=1S/C9H18O2.C9H18O.C9H18.C8H16O.C7H14O2.C7H14O.4CH4/c1-8(2)7-9(10)3-5-11-6-4-9;1-4-9(5-8(2)3)6-10-7-9;1-8(2)7-9-5-3-4-6-9;1-7(2)4-8(3)5-9-6-8;1-6(2)3-7(8)4-9-5-7;1-6(2)3-7-4-8-5-7;;;;/h8,10H,3-7H2,1-2H3;8H,4-7H2,1-3H3;8-9H,3-7H2,1-2H3;7H,4-6H2,1-3H3;6,8H,3-5H2,1-2H3;6-7H,3-5H2,1-2H3;4*1H4.